The van der Waals surface area contributed by atoms with Crippen LogP contribution in [0.4, 0.5) is 5.13 Å². The second kappa shape index (κ2) is 5.15. The zero-order valence-corrected chi connectivity index (χ0v) is 13.3. The van der Waals surface area contributed by atoms with Gasteiger partial charge in [0.1, 0.15) is 5.38 Å². The van der Waals surface area contributed by atoms with Crippen molar-refractivity contribution in [2.75, 3.05) is 5.32 Å². The van der Waals surface area contributed by atoms with Gasteiger partial charge in [-0.05, 0) is 53.9 Å². The van der Waals surface area contributed by atoms with E-state index >= 15 is 0 Å². The fraction of sp³-hybridized carbons (Fsp3) is 0.333. The highest BCUT2D eigenvalue weighted by Gasteiger charge is 2.15. The Hall–Kier alpha value is -0.650. The molecule has 1 atom stereocenters. The van der Waals surface area contributed by atoms with Crippen LogP contribution in [0.5, 0.6) is 0 Å². The Morgan fingerprint density at radius 2 is 2.22 bits per heavy atom. The van der Waals surface area contributed by atoms with Crippen LogP contribution in [0.15, 0.2) is 10.5 Å². The molecular formula is C12H12BrClN2OS. The lowest BCUT2D eigenvalue weighted by atomic mass is 10.1. The molecule has 1 amide bonds. The maximum Gasteiger partial charge on any atom is 0.243 e. The third kappa shape index (κ3) is 2.53. The minimum Gasteiger partial charge on any atom is -0.301 e. The van der Waals surface area contributed by atoms with Crippen molar-refractivity contribution in [3.05, 3.63) is 21.7 Å². The number of fused-ring (bicyclic) bond motifs is 1. The van der Waals surface area contributed by atoms with E-state index in [1.165, 1.54) is 22.5 Å². The van der Waals surface area contributed by atoms with Crippen molar-refractivity contribution in [2.24, 2.45) is 0 Å². The first-order valence-electron chi connectivity index (χ1n) is 5.41. The van der Waals surface area contributed by atoms with Gasteiger partial charge in [0, 0.05) is 4.47 Å². The van der Waals surface area contributed by atoms with Crippen LogP contribution in [-0.2, 0) is 4.79 Å². The van der Waals surface area contributed by atoms with Crippen molar-refractivity contribution in [3.8, 4) is 0 Å². The van der Waals surface area contributed by atoms with E-state index in [-0.39, 0.29) is 5.91 Å². The number of carbonyl (C=O) groups excluding carboxylic acids is 1. The van der Waals surface area contributed by atoms with E-state index in [2.05, 4.69) is 40.1 Å². The molecule has 0 aliphatic heterocycles. The minimum absolute atomic E-state index is 0.235. The molecule has 3 nitrogen and oxygen atoms in total. The van der Waals surface area contributed by atoms with Crippen molar-refractivity contribution in [3.63, 3.8) is 0 Å². The monoisotopic (exact) mass is 346 g/mol. The Morgan fingerprint density at radius 1 is 1.56 bits per heavy atom. The first-order valence-corrected chi connectivity index (χ1v) is 7.46. The molecule has 96 valence electrons. The van der Waals surface area contributed by atoms with Gasteiger partial charge in [-0.2, -0.15) is 0 Å². The summed E-state index contributed by atoms with van der Waals surface area (Å²) in [5, 5.41) is 2.73. The highest BCUT2D eigenvalue weighted by atomic mass is 79.9. The summed E-state index contributed by atoms with van der Waals surface area (Å²) in [4.78, 5) is 16.0. The summed E-state index contributed by atoms with van der Waals surface area (Å²) in [5.74, 6) is -0.235. The van der Waals surface area contributed by atoms with Gasteiger partial charge < -0.3 is 5.32 Å². The van der Waals surface area contributed by atoms with Crippen LogP contribution < -0.4 is 5.32 Å². The standard InChI is InChI=1S/C12H12BrClN2OS/c1-5-4-8(13)9-10(6(5)2)18-12(15-9)16-11(17)7(3)14/h4,7H,1-3H3,(H,15,16,17). The average molecular weight is 348 g/mol. The van der Waals surface area contributed by atoms with Crippen LogP contribution in [0.3, 0.4) is 0 Å². The number of carbonyl (C=O) groups is 1. The maximum absolute atomic E-state index is 11.5. The molecule has 0 aliphatic carbocycles. The van der Waals surface area contributed by atoms with E-state index < -0.39 is 5.38 Å². The van der Waals surface area contributed by atoms with Gasteiger partial charge in [-0.3, -0.25) is 4.79 Å². The van der Waals surface area contributed by atoms with Crippen LogP contribution >= 0.6 is 38.9 Å². The van der Waals surface area contributed by atoms with Crippen LogP contribution in [0.25, 0.3) is 10.2 Å². The van der Waals surface area contributed by atoms with Crippen LogP contribution in [0, 0.1) is 13.8 Å². The summed E-state index contributed by atoms with van der Waals surface area (Å²) in [7, 11) is 0. The van der Waals surface area contributed by atoms with Crippen molar-refractivity contribution >= 4 is 60.1 Å². The Balaban J connectivity index is 2.48. The highest BCUT2D eigenvalue weighted by Crippen LogP contribution is 2.35. The summed E-state index contributed by atoms with van der Waals surface area (Å²) in [5.41, 5.74) is 3.26. The summed E-state index contributed by atoms with van der Waals surface area (Å²) in [6.45, 7) is 5.74. The van der Waals surface area contributed by atoms with Gasteiger partial charge in [-0.15, -0.1) is 11.6 Å². The number of aromatic nitrogens is 1. The number of nitrogens with zero attached hydrogens (tertiary/aromatic N) is 1. The lowest BCUT2D eigenvalue weighted by Gasteiger charge is -2.01. The van der Waals surface area contributed by atoms with Crippen LogP contribution in [-0.4, -0.2) is 16.3 Å². The molecule has 0 saturated carbocycles. The fourth-order valence-electron chi connectivity index (χ4n) is 1.54. The second-order valence-electron chi connectivity index (χ2n) is 4.10. The second-order valence-corrected chi connectivity index (χ2v) is 6.61. The first-order chi connectivity index (χ1) is 8.40. The van der Waals surface area contributed by atoms with E-state index in [9.17, 15) is 4.79 Å². The predicted octanol–water partition coefficient (Wildman–Crippen LogP) is 4.24. The van der Waals surface area contributed by atoms with Crippen molar-refractivity contribution in [2.45, 2.75) is 26.1 Å². The molecule has 0 fully saturated rings. The number of alkyl halides is 1. The molecule has 0 saturated heterocycles. The smallest absolute Gasteiger partial charge is 0.243 e. The number of rotatable bonds is 2. The fourth-order valence-corrected chi connectivity index (χ4v) is 3.40. The molecule has 18 heavy (non-hydrogen) atoms. The molecule has 1 aromatic carbocycles. The van der Waals surface area contributed by atoms with E-state index in [4.69, 9.17) is 11.6 Å². The van der Waals surface area contributed by atoms with Gasteiger partial charge in [0.2, 0.25) is 5.91 Å². The average Bonchev–Trinajstić information content (AvgIpc) is 2.70. The number of benzene rings is 1. The topological polar surface area (TPSA) is 42.0 Å². The highest BCUT2D eigenvalue weighted by molar-refractivity contribution is 9.10. The number of halogens is 2. The Bertz CT molecular complexity index is 624. The van der Waals surface area contributed by atoms with Gasteiger partial charge in [0.25, 0.3) is 0 Å². The van der Waals surface area contributed by atoms with Gasteiger partial charge in [-0.25, -0.2) is 4.98 Å². The number of aryl methyl sites for hydroxylation is 2. The summed E-state index contributed by atoms with van der Waals surface area (Å²) in [6.07, 6.45) is 0. The van der Waals surface area contributed by atoms with E-state index in [0.717, 1.165) is 14.7 Å². The third-order valence-electron chi connectivity index (χ3n) is 2.72. The molecule has 2 rings (SSSR count). The lowest BCUT2D eigenvalue weighted by Crippen LogP contribution is -2.19. The van der Waals surface area contributed by atoms with Crippen LogP contribution in [0.1, 0.15) is 18.1 Å². The molecule has 0 spiro atoms. The van der Waals surface area contributed by atoms with E-state index in [1.54, 1.807) is 6.92 Å². The molecule has 1 heterocycles. The SMILES string of the molecule is Cc1cc(Br)c2nc(NC(=O)C(C)Cl)sc2c1C. The summed E-state index contributed by atoms with van der Waals surface area (Å²) in [6, 6.07) is 2.03. The van der Waals surface area contributed by atoms with Crippen molar-refractivity contribution in [1.82, 2.24) is 4.98 Å². The molecular weight excluding hydrogens is 336 g/mol. The molecule has 1 unspecified atom stereocenters. The van der Waals surface area contributed by atoms with Crippen LogP contribution in [0.2, 0.25) is 0 Å². The normalized spacial score (nSPS) is 12.7. The Labute approximate surface area is 123 Å². The Kier molecular flexibility index (Phi) is 3.94. The zero-order valence-electron chi connectivity index (χ0n) is 10.2. The van der Waals surface area contributed by atoms with Crippen molar-refractivity contribution < 1.29 is 4.79 Å². The van der Waals surface area contributed by atoms with Gasteiger partial charge in [0.05, 0.1) is 10.2 Å². The molecule has 6 heteroatoms. The molecule has 1 N–H and O–H groups in total. The summed E-state index contributed by atoms with van der Waals surface area (Å²) >= 11 is 10.7. The zero-order chi connectivity index (χ0) is 13.4. The van der Waals surface area contributed by atoms with Crippen molar-refractivity contribution in [1.29, 1.82) is 0 Å². The number of hydrogen-bond donors (Lipinski definition) is 1. The quantitative estimate of drug-likeness (QED) is 0.826. The van der Waals surface area contributed by atoms with Gasteiger partial charge in [-0.1, -0.05) is 11.3 Å². The molecule has 2 aromatic rings. The van der Waals surface area contributed by atoms with E-state index in [0.29, 0.717) is 5.13 Å². The molecule has 0 radical (unpaired) electrons. The largest absolute Gasteiger partial charge is 0.301 e. The van der Waals surface area contributed by atoms with E-state index in [1.807, 2.05) is 6.07 Å². The third-order valence-corrected chi connectivity index (χ3v) is 4.61. The molecule has 0 aliphatic rings. The first kappa shape index (κ1) is 13.8. The van der Waals surface area contributed by atoms with Gasteiger partial charge in [0.15, 0.2) is 5.13 Å². The summed E-state index contributed by atoms with van der Waals surface area (Å²) < 4.78 is 2.02. The maximum atomic E-state index is 11.5. The number of amides is 1. The molecule has 1 aromatic heterocycles. The lowest BCUT2D eigenvalue weighted by molar-refractivity contribution is -0.115. The minimum atomic E-state index is -0.566. The number of anilines is 1. The Morgan fingerprint density at radius 3 is 2.83 bits per heavy atom. The predicted molar refractivity (Wildman–Crippen MR) is 80.7 cm³/mol. The number of hydrogen-bond acceptors (Lipinski definition) is 3. The molecule has 0 bridgehead atoms. The van der Waals surface area contributed by atoms with Gasteiger partial charge >= 0.3 is 0 Å². The number of thiazole rings is 1. The number of nitrogens with one attached hydrogen (secondary N) is 1.